The maximum Gasteiger partial charge on any atom is 0.0558 e. The van der Waals surface area contributed by atoms with Gasteiger partial charge in [0.05, 0.1) is 11.2 Å². The lowest BCUT2D eigenvalue weighted by Gasteiger charge is -2.29. The van der Waals surface area contributed by atoms with Gasteiger partial charge in [-0.2, -0.15) is 0 Å². The van der Waals surface area contributed by atoms with Gasteiger partial charge in [-0.25, -0.2) is 0 Å². The molecule has 1 saturated carbocycles. The molecular formula is C59H48N2S. The quantitative estimate of drug-likeness (QED) is 0.156. The normalized spacial score (nSPS) is 15.5. The Kier molecular flexibility index (Phi) is 9.19. The Bertz CT molecular complexity index is 3340. The molecule has 1 unspecified atom stereocenters. The van der Waals surface area contributed by atoms with Gasteiger partial charge in [-0.15, -0.1) is 11.3 Å². The van der Waals surface area contributed by atoms with E-state index in [1.54, 1.807) is 0 Å². The van der Waals surface area contributed by atoms with E-state index in [-0.39, 0.29) is 0 Å². The molecule has 8 aromatic carbocycles. The van der Waals surface area contributed by atoms with Crippen LogP contribution in [0.15, 0.2) is 182 Å². The van der Waals surface area contributed by atoms with Crippen molar-refractivity contribution in [3.8, 4) is 27.9 Å². The highest BCUT2D eigenvalue weighted by Crippen LogP contribution is 2.48. The van der Waals surface area contributed by atoms with Crippen molar-refractivity contribution in [1.29, 1.82) is 0 Å². The fourth-order valence-corrected chi connectivity index (χ4v) is 12.1. The molecule has 2 aromatic heterocycles. The summed E-state index contributed by atoms with van der Waals surface area (Å²) in [6.07, 6.45) is 12.2. The maximum atomic E-state index is 2.53. The summed E-state index contributed by atoms with van der Waals surface area (Å²) >= 11 is 1.90. The molecule has 300 valence electrons. The van der Waals surface area contributed by atoms with E-state index in [4.69, 9.17) is 0 Å². The van der Waals surface area contributed by atoms with Gasteiger partial charge in [0.15, 0.2) is 0 Å². The fourth-order valence-electron chi connectivity index (χ4n) is 10.8. The second-order valence-corrected chi connectivity index (χ2v) is 18.6. The first-order chi connectivity index (χ1) is 30.7. The van der Waals surface area contributed by atoms with E-state index in [0.29, 0.717) is 11.8 Å². The predicted octanol–water partition coefficient (Wildman–Crippen LogP) is 17.2. The minimum atomic E-state index is 0.476. The molecule has 10 aromatic rings. The highest BCUT2D eigenvalue weighted by atomic mass is 32.1. The number of anilines is 3. The van der Waals surface area contributed by atoms with Crippen LogP contribution in [0.5, 0.6) is 0 Å². The van der Waals surface area contributed by atoms with E-state index in [1.807, 2.05) is 11.3 Å². The second-order valence-electron chi connectivity index (χ2n) is 17.5. The lowest BCUT2D eigenvalue weighted by molar-refractivity contribution is 0.445. The topological polar surface area (TPSA) is 8.17 Å². The molecule has 0 aliphatic heterocycles. The minimum absolute atomic E-state index is 0.476. The van der Waals surface area contributed by atoms with E-state index in [1.165, 1.54) is 124 Å². The molecule has 0 bridgehead atoms. The molecule has 1 fully saturated rings. The highest BCUT2D eigenvalue weighted by molar-refractivity contribution is 7.26. The van der Waals surface area contributed by atoms with E-state index >= 15 is 0 Å². The number of fused-ring (bicyclic) bond motifs is 7. The van der Waals surface area contributed by atoms with Crippen LogP contribution in [0.4, 0.5) is 17.1 Å². The number of nitrogens with zero attached hydrogens (tertiary/aromatic N) is 2. The Balaban J connectivity index is 1.11. The number of aromatic nitrogens is 1. The Morgan fingerprint density at radius 3 is 2.21 bits per heavy atom. The molecule has 0 saturated heterocycles. The number of rotatable bonds is 7. The molecule has 2 heterocycles. The molecule has 2 nitrogen and oxygen atoms in total. The van der Waals surface area contributed by atoms with Crippen molar-refractivity contribution in [2.24, 2.45) is 5.92 Å². The molecule has 2 aliphatic rings. The maximum absolute atomic E-state index is 2.53. The molecule has 12 rings (SSSR count). The van der Waals surface area contributed by atoms with Crippen LogP contribution in [0.3, 0.4) is 0 Å². The van der Waals surface area contributed by atoms with E-state index < -0.39 is 0 Å². The third-order valence-electron chi connectivity index (χ3n) is 13.7. The van der Waals surface area contributed by atoms with Crippen LogP contribution in [0, 0.1) is 5.92 Å². The molecule has 0 N–H and O–H groups in total. The summed E-state index contributed by atoms with van der Waals surface area (Å²) in [6.45, 7) is 2.33. The standard InChI is InChI=1S/C59H48N2S/c1-39-32-34-49-50-35-33-45(38-56(50)61(55(49)36-39)43-21-6-3-7-22-43)60(44-23-12-20-42(37-44)47-27-15-29-53-51-25-9-11-31-57(51)62-59(47)53)54-30-10-8-24-48(54)52-28-14-19-41-18-13-26-46(58(41)52)40-16-4-2-5-17-40/h3,6-15,18-35,37-40H,2,4-5,16-17,36H2,1H3. The van der Waals surface area contributed by atoms with Crippen molar-refractivity contribution in [1.82, 2.24) is 4.57 Å². The molecule has 62 heavy (non-hydrogen) atoms. The van der Waals surface area contributed by atoms with Gasteiger partial charge in [-0.3, -0.25) is 0 Å². The van der Waals surface area contributed by atoms with Gasteiger partial charge in [0, 0.05) is 59.4 Å². The highest BCUT2D eigenvalue weighted by Gasteiger charge is 2.26. The number of hydrogen-bond donors (Lipinski definition) is 0. The molecule has 0 radical (unpaired) electrons. The van der Waals surface area contributed by atoms with Crippen LogP contribution >= 0.6 is 11.3 Å². The van der Waals surface area contributed by atoms with E-state index in [9.17, 15) is 0 Å². The van der Waals surface area contributed by atoms with Gasteiger partial charge in [0.25, 0.3) is 0 Å². The van der Waals surface area contributed by atoms with Gasteiger partial charge < -0.3 is 9.47 Å². The molecule has 0 amide bonds. The zero-order chi connectivity index (χ0) is 41.1. The van der Waals surface area contributed by atoms with Gasteiger partial charge in [-0.05, 0) is 113 Å². The molecule has 2 aliphatic carbocycles. The second kappa shape index (κ2) is 15.3. The number of allylic oxidation sites excluding steroid dienone is 1. The van der Waals surface area contributed by atoms with Crippen LogP contribution in [-0.4, -0.2) is 4.57 Å². The van der Waals surface area contributed by atoms with Crippen molar-refractivity contribution < 1.29 is 0 Å². The third-order valence-corrected chi connectivity index (χ3v) is 14.9. The summed E-state index contributed by atoms with van der Waals surface area (Å²) in [5.74, 6) is 1.06. The van der Waals surface area contributed by atoms with Gasteiger partial charge >= 0.3 is 0 Å². The van der Waals surface area contributed by atoms with E-state index in [0.717, 1.165) is 17.8 Å². The van der Waals surface area contributed by atoms with Crippen LogP contribution in [0.2, 0.25) is 0 Å². The number of hydrogen-bond acceptors (Lipinski definition) is 2. The average Bonchev–Trinajstić information content (AvgIpc) is 3.87. The number of thiophene rings is 1. The monoisotopic (exact) mass is 816 g/mol. The molecule has 1 atom stereocenters. The molecule has 0 spiro atoms. The third kappa shape index (κ3) is 6.21. The van der Waals surface area contributed by atoms with E-state index in [2.05, 4.69) is 204 Å². The number of benzene rings is 8. The zero-order valence-electron chi connectivity index (χ0n) is 35.1. The zero-order valence-corrected chi connectivity index (χ0v) is 35.9. The SMILES string of the molecule is CC1C=Cc2c(n(-c3ccccc3)c3cc(N(c4cccc(-c5cccc6c5sc5ccccc56)c4)c4ccccc4-c4cccc5cccc(C6CCCCC6)c45)ccc23)C1. The van der Waals surface area contributed by atoms with Crippen molar-refractivity contribution in [3.05, 3.63) is 199 Å². The Morgan fingerprint density at radius 1 is 0.581 bits per heavy atom. The summed E-state index contributed by atoms with van der Waals surface area (Å²) in [7, 11) is 0. The fraction of sp³-hybridized carbons (Fsp3) is 0.153. The van der Waals surface area contributed by atoms with Crippen molar-refractivity contribution in [3.63, 3.8) is 0 Å². The summed E-state index contributed by atoms with van der Waals surface area (Å²) < 4.78 is 5.18. The average molecular weight is 817 g/mol. The lowest BCUT2D eigenvalue weighted by atomic mass is 9.80. The summed E-state index contributed by atoms with van der Waals surface area (Å²) in [4.78, 5) is 2.53. The first-order valence-corrected chi connectivity index (χ1v) is 23.3. The Labute approximate surface area is 368 Å². The predicted molar refractivity (Wildman–Crippen MR) is 267 cm³/mol. The summed E-state index contributed by atoms with van der Waals surface area (Å²) in [6, 6.07) is 66.1. The minimum Gasteiger partial charge on any atom is -0.313 e. The van der Waals surface area contributed by atoms with Crippen molar-refractivity contribution in [2.75, 3.05) is 4.90 Å². The Morgan fingerprint density at radius 2 is 1.31 bits per heavy atom. The summed E-state index contributed by atoms with van der Waals surface area (Å²) in [5.41, 5.74) is 15.1. The largest absolute Gasteiger partial charge is 0.313 e. The van der Waals surface area contributed by atoms with Gasteiger partial charge in [0.1, 0.15) is 0 Å². The van der Waals surface area contributed by atoms with Crippen LogP contribution in [0.1, 0.15) is 61.8 Å². The van der Waals surface area contributed by atoms with Gasteiger partial charge in [-0.1, -0.05) is 166 Å². The van der Waals surface area contributed by atoms with Crippen molar-refractivity contribution in [2.45, 2.75) is 51.4 Å². The van der Waals surface area contributed by atoms with Gasteiger partial charge in [0.2, 0.25) is 0 Å². The first-order valence-electron chi connectivity index (χ1n) is 22.5. The first kappa shape index (κ1) is 37.1. The van der Waals surface area contributed by atoms with Crippen molar-refractivity contribution >= 4 is 76.3 Å². The summed E-state index contributed by atoms with van der Waals surface area (Å²) in [5, 5.41) is 6.66. The van der Waals surface area contributed by atoms with Crippen LogP contribution in [-0.2, 0) is 6.42 Å². The Hall–Kier alpha value is -6.68. The lowest BCUT2D eigenvalue weighted by Crippen LogP contribution is -2.12. The molecular weight excluding hydrogens is 769 g/mol. The van der Waals surface area contributed by atoms with Crippen LogP contribution < -0.4 is 4.90 Å². The molecule has 3 heteroatoms. The number of para-hydroxylation sites is 2. The van der Waals surface area contributed by atoms with Crippen LogP contribution in [0.25, 0.3) is 75.9 Å². The smallest absolute Gasteiger partial charge is 0.0558 e.